The number of carbonyl (C=O) groups is 1. The summed E-state index contributed by atoms with van der Waals surface area (Å²) in [4.78, 5) is 11.5. The zero-order chi connectivity index (χ0) is 13.9. The van der Waals surface area contributed by atoms with Crippen molar-refractivity contribution in [3.8, 4) is 0 Å². The van der Waals surface area contributed by atoms with Crippen molar-refractivity contribution in [3.63, 3.8) is 0 Å². The van der Waals surface area contributed by atoms with Crippen LogP contribution in [0.25, 0.3) is 0 Å². The van der Waals surface area contributed by atoms with Crippen LogP contribution in [0.15, 0.2) is 29.2 Å². The second-order valence-electron chi connectivity index (χ2n) is 4.62. The van der Waals surface area contributed by atoms with Crippen molar-refractivity contribution in [2.24, 2.45) is 0 Å². The number of benzene rings is 1. The Morgan fingerprint density at radius 2 is 2.00 bits per heavy atom. The van der Waals surface area contributed by atoms with Crippen LogP contribution in [0.5, 0.6) is 0 Å². The van der Waals surface area contributed by atoms with Gasteiger partial charge in [0.1, 0.15) is 0 Å². The summed E-state index contributed by atoms with van der Waals surface area (Å²) in [6.07, 6.45) is 3.84. The molecule has 0 bridgehead atoms. The number of nitrogens with one attached hydrogen (secondary N) is 1. The quantitative estimate of drug-likeness (QED) is 0.854. The molecule has 2 rings (SSSR count). The number of rotatable bonds is 4. The number of sulfonamides is 1. The maximum absolute atomic E-state index is 12.2. The molecule has 1 saturated carbocycles. The Kier molecular flexibility index (Phi) is 4.21. The maximum atomic E-state index is 12.2. The van der Waals surface area contributed by atoms with Crippen LogP contribution < -0.4 is 4.72 Å². The van der Waals surface area contributed by atoms with E-state index in [4.69, 9.17) is 0 Å². The van der Waals surface area contributed by atoms with E-state index in [-0.39, 0.29) is 16.5 Å². The Hall–Kier alpha value is -1.40. The fraction of sp³-hybridized carbons (Fsp3) is 0.462. The van der Waals surface area contributed by atoms with E-state index < -0.39 is 16.0 Å². The van der Waals surface area contributed by atoms with Gasteiger partial charge in [-0.15, -0.1) is 0 Å². The Balaban J connectivity index is 2.22. The molecule has 1 aliphatic rings. The van der Waals surface area contributed by atoms with Crippen molar-refractivity contribution in [1.29, 1.82) is 0 Å². The monoisotopic (exact) mass is 283 g/mol. The average Bonchev–Trinajstić information content (AvgIpc) is 2.90. The molecule has 0 atom stereocenters. The molecule has 1 aromatic carbocycles. The van der Waals surface area contributed by atoms with Crippen molar-refractivity contribution in [2.75, 3.05) is 7.11 Å². The molecule has 6 heteroatoms. The highest BCUT2D eigenvalue weighted by atomic mass is 32.2. The third-order valence-electron chi connectivity index (χ3n) is 3.24. The molecule has 0 aliphatic heterocycles. The minimum Gasteiger partial charge on any atom is -0.465 e. The molecule has 0 radical (unpaired) electrons. The van der Waals surface area contributed by atoms with Crippen LogP contribution in [0, 0.1) is 0 Å². The van der Waals surface area contributed by atoms with Crippen LogP contribution in [0.4, 0.5) is 0 Å². The summed E-state index contributed by atoms with van der Waals surface area (Å²) in [7, 11) is -2.30. The summed E-state index contributed by atoms with van der Waals surface area (Å²) in [5.74, 6) is -0.544. The van der Waals surface area contributed by atoms with E-state index in [9.17, 15) is 13.2 Å². The molecule has 1 N–H and O–H groups in total. The lowest BCUT2D eigenvalue weighted by Gasteiger charge is -2.12. The summed E-state index contributed by atoms with van der Waals surface area (Å²) < 4.78 is 31.6. The second-order valence-corrected chi connectivity index (χ2v) is 6.34. The molecule has 104 valence electrons. The molecule has 0 amide bonds. The van der Waals surface area contributed by atoms with Gasteiger partial charge in [0.25, 0.3) is 0 Å². The van der Waals surface area contributed by atoms with E-state index in [1.807, 2.05) is 0 Å². The molecular formula is C13H17NO4S. The van der Waals surface area contributed by atoms with Gasteiger partial charge in [-0.1, -0.05) is 18.9 Å². The van der Waals surface area contributed by atoms with Crippen LogP contribution in [0.3, 0.4) is 0 Å². The highest BCUT2D eigenvalue weighted by Gasteiger charge is 2.23. The summed E-state index contributed by atoms with van der Waals surface area (Å²) >= 11 is 0. The van der Waals surface area contributed by atoms with Crippen LogP contribution in [-0.2, 0) is 14.8 Å². The van der Waals surface area contributed by atoms with Gasteiger partial charge in [0.05, 0.1) is 17.6 Å². The summed E-state index contributed by atoms with van der Waals surface area (Å²) in [6, 6.07) is 5.88. The standard InChI is InChI=1S/C13H17NO4S/c1-18-13(15)10-5-4-8-12(9-10)19(16,17)14-11-6-2-3-7-11/h4-5,8-9,11,14H,2-3,6-7H2,1H3. The Morgan fingerprint density at radius 1 is 1.32 bits per heavy atom. The highest BCUT2D eigenvalue weighted by Crippen LogP contribution is 2.20. The lowest BCUT2D eigenvalue weighted by molar-refractivity contribution is 0.0600. The van der Waals surface area contributed by atoms with E-state index >= 15 is 0 Å². The van der Waals surface area contributed by atoms with Gasteiger partial charge < -0.3 is 4.74 Å². The van der Waals surface area contributed by atoms with Crippen molar-refractivity contribution < 1.29 is 17.9 Å². The van der Waals surface area contributed by atoms with Crippen LogP contribution >= 0.6 is 0 Å². The lowest BCUT2D eigenvalue weighted by atomic mass is 10.2. The molecule has 0 spiro atoms. The molecular weight excluding hydrogens is 266 g/mol. The van der Waals surface area contributed by atoms with E-state index in [0.717, 1.165) is 25.7 Å². The van der Waals surface area contributed by atoms with Gasteiger partial charge >= 0.3 is 5.97 Å². The molecule has 19 heavy (non-hydrogen) atoms. The fourth-order valence-electron chi connectivity index (χ4n) is 2.24. The average molecular weight is 283 g/mol. The smallest absolute Gasteiger partial charge is 0.337 e. The molecule has 1 aliphatic carbocycles. The predicted molar refractivity (Wildman–Crippen MR) is 70.4 cm³/mol. The molecule has 1 aromatic rings. The van der Waals surface area contributed by atoms with Gasteiger partial charge in [-0.3, -0.25) is 0 Å². The van der Waals surface area contributed by atoms with Crippen LogP contribution in [0.2, 0.25) is 0 Å². The number of esters is 1. The molecule has 0 saturated heterocycles. The Labute approximate surface area is 113 Å². The minimum absolute atomic E-state index is 0.00628. The van der Waals surface area contributed by atoms with E-state index in [2.05, 4.69) is 9.46 Å². The molecule has 1 fully saturated rings. The topological polar surface area (TPSA) is 72.5 Å². The first-order valence-electron chi connectivity index (χ1n) is 6.23. The molecule has 0 aromatic heterocycles. The van der Waals surface area contributed by atoms with E-state index in [0.29, 0.717) is 0 Å². The van der Waals surface area contributed by atoms with Gasteiger partial charge in [0, 0.05) is 6.04 Å². The van der Waals surface area contributed by atoms with E-state index in [1.54, 1.807) is 0 Å². The number of hydrogen-bond donors (Lipinski definition) is 1. The first-order chi connectivity index (χ1) is 9.03. The zero-order valence-corrected chi connectivity index (χ0v) is 11.6. The number of methoxy groups -OCH3 is 1. The summed E-state index contributed by atoms with van der Waals surface area (Å²) in [5.41, 5.74) is 0.233. The first-order valence-corrected chi connectivity index (χ1v) is 7.72. The van der Waals surface area contributed by atoms with Gasteiger partial charge in [-0.05, 0) is 31.0 Å². The van der Waals surface area contributed by atoms with Crippen molar-refractivity contribution in [1.82, 2.24) is 4.72 Å². The molecule has 0 unspecified atom stereocenters. The number of hydrogen-bond acceptors (Lipinski definition) is 4. The highest BCUT2D eigenvalue weighted by molar-refractivity contribution is 7.89. The SMILES string of the molecule is COC(=O)c1cccc(S(=O)(=O)NC2CCCC2)c1. The van der Waals surface area contributed by atoms with E-state index in [1.165, 1.54) is 31.4 Å². The first kappa shape index (κ1) is 14.0. The van der Waals surface area contributed by atoms with Crippen molar-refractivity contribution >= 4 is 16.0 Å². The van der Waals surface area contributed by atoms with Gasteiger partial charge in [0.2, 0.25) is 10.0 Å². The second kappa shape index (κ2) is 5.71. The molecule has 5 nitrogen and oxygen atoms in total. The largest absolute Gasteiger partial charge is 0.465 e. The number of ether oxygens (including phenoxy) is 1. The zero-order valence-electron chi connectivity index (χ0n) is 10.8. The fourth-order valence-corrected chi connectivity index (χ4v) is 3.59. The van der Waals surface area contributed by atoms with Gasteiger partial charge in [-0.2, -0.15) is 0 Å². The Bertz CT molecular complexity index is 562. The minimum atomic E-state index is -3.57. The predicted octanol–water partition coefficient (Wildman–Crippen LogP) is 1.69. The normalized spacial score (nSPS) is 16.5. The van der Waals surface area contributed by atoms with Crippen LogP contribution in [0.1, 0.15) is 36.0 Å². The summed E-state index contributed by atoms with van der Waals surface area (Å²) in [6.45, 7) is 0. The van der Waals surface area contributed by atoms with Gasteiger partial charge in [-0.25, -0.2) is 17.9 Å². The Morgan fingerprint density at radius 3 is 2.63 bits per heavy atom. The van der Waals surface area contributed by atoms with Crippen molar-refractivity contribution in [2.45, 2.75) is 36.6 Å². The third kappa shape index (κ3) is 3.33. The lowest BCUT2D eigenvalue weighted by Crippen LogP contribution is -2.32. The number of carbonyl (C=O) groups excluding carboxylic acids is 1. The van der Waals surface area contributed by atoms with Crippen LogP contribution in [-0.4, -0.2) is 27.5 Å². The van der Waals surface area contributed by atoms with Gasteiger partial charge in [0.15, 0.2) is 0 Å². The van der Waals surface area contributed by atoms with Crippen molar-refractivity contribution in [3.05, 3.63) is 29.8 Å². The summed E-state index contributed by atoms with van der Waals surface area (Å²) in [5, 5.41) is 0. The maximum Gasteiger partial charge on any atom is 0.337 e. The third-order valence-corrected chi connectivity index (χ3v) is 4.76. The molecule has 0 heterocycles.